The Bertz CT molecular complexity index is 694. The molecule has 106 valence electrons. The van der Waals surface area contributed by atoms with Crippen molar-refractivity contribution in [2.75, 3.05) is 0 Å². The van der Waals surface area contributed by atoms with Gasteiger partial charge in [0.25, 0.3) is 5.69 Å². The molecule has 0 N–H and O–H groups in total. The van der Waals surface area contributed by atoms with Gasteiger partial charge in [0, 0.05) is 12.1 Å². The normalized spacial score (nSPS) is 16.3. The minimum absolute atomic E-state index is 0.0437. The summed E-state index contributed by atoms with van der Waals surface area (Å²) in [4.78, 5) is 22.2. The van der Waals surface area contributed by atoms with Crippen molar-refractivity contribution < 1.29 is 14.5 Å². The molecule has 0 spiro atoms. The van der Waals surface area contributed by atoms with E-state index in [2.05, 4.69) is 0 Å². The molecule has 1 unspecified atom stereocenters. The van der Waals surface area contributed by atoms with Crippen LogP contribution in [0, 0.1) is 10.1 Å². The molecule has 0 radical (unpaired) electrons. The predicted octanol–water partition coefficient (Wildman–Crippen LogP) is 3.44. The van der Waals surface area contributed by atoms with Crippen LogP contribution in [-0.4, -0.2) is 10.9 Å². The average Bonchev–Trinajstić information content (AvgIpc) is 2.91. The zero-order valence-electron chi connectivity index (χ0n) is 11.2. The fourth-order valence-electron chi connectivity index (χ4n) is 2.56. The number of nitro benzene ring substituents is 1. The van der Waals surface area contributed by atoms with Gasteiger partial charge >= 0.3 is 5.97 Å². The Hall–Kier alpha value is -2.69. The number of benzene rings is 2. The fraction of sp³-hybridized carbons (Fsp3) is 0.188. The van der Waals surface area contributed by atoms with E-state index in [0.29, 0.717) is 5.56 Å². The molecule has 2 aromatic carbocycles. The maximum absolute atomic E-state index is 12.1. The Balaban J connectivity index is 1.74. The third-order valence-electron chi connectivity index (χ3n) is 3.64. The Labute approximate surface area is 121 Å². The fourth-order valence-corrected chi connectivity index (χ4v) is 2.56. The lowest BCUT2D eigenvalue weighted by atomic mass is 10.1. The van der Waals surface area contributed by atoms with E-state index in [-0.39, 0.29) is 11.8 Å². The molecule has 3 rings (SSSR count). The van der Waals surface area contributed by atoms with Crippen molar-refractivity contribution >= 4 is 11.7 Å². The molecular weight excluding hydrogens is 270 g/mol. The molecule has 2 aromatic rings. The van der Waals surface area contributed by atoms with E-state index >= 15 is 0 Å². The van der Waals surface area contributed by atoms with E-state index in [4.69, 9.17) is 4.74 Å². The van der Waals surface area contributed by atoms with Gasteiger partial charge in [-0.1, -0.05) is 24.3 Å². The van der Waals surface area contributed by atoms with Gasteiger partial charge in [0.2, 0.25) is 0 Å². The maximum atomic E-state index is 12.1. The second-order valence-corrected chi connectivity index (χ2v) is 4.94. The molecule has 0 fully saturated rings. The second-order valence-electron chi connectivity index (χ2n) is 4.94. The van der Waals surface area contributed by atoms with Crippen LogP contribution in [0.4, 0.5) is 5.69 Å². The van der Waals surface area contributed by atoms with Crippen molar-refractivity contribution in [3.63, 3.8) is 0 Å². The van der Waals surface area contributed by atoms with Crippen molar-refractivity contribution in [3.05, 3.63) is 75.3 Å². The number of hydrogen-bond acceptors (Lipinski definition) is 4. The summed E-state index contributed by atoms with van der Waals surface area (Å²) in [7, 11) is 0. The van der Waals surface area contributed by atoms with Gasteiger partial charge in [-0.15, -0.1) is 0 Å². The monoisotopic (exact) mass is 283 g/mol. The molecule has 1 aliphatic carbocycles. The molecule has 0 bridgehead atoms. The standard InChI is InChI=1S/C16H13NO4/c18-16(12-5-8-13(9-6-12)17(19)20)21-15-10-7-11-3-1-2-4-14(11)15/h1-6,8-9,15H,7,10H2. The van der Waals surface area contributed by atoms with Crippen molar-refractivity contribution in [3.8, 4) is 0 Å². The minimum Gasteiger partial charge on any atom is -0.454 e. The first-order chi connectivity index (χ1) is 10.1. The van der Waals surface area contributed by atoms with Crippen LogP contribution >= 0.6 is 0 Å². The smallest absolute Gasteiger partial charge is 0.338 e. The summed E-state index contributed by atoms with van der Waals surface area (Å²) in [5, 5.41) is 10.6. The Morgan fingerprint density at radius 3 is 2.57 bits per heavy atom. The lowest BCUT2D eigenvalue weighted by Gasteiger charge is -2.13. The summed E-state index contributed by atoms with van der Waals surface area (Å²) in [6, 6.07) is 13.3. The number of rotatable bonds is 3. The van der Waals surface area contributed by atoms with Crippen LogP contribution in [0.15, 0.2) is 48.5 Å². The largest absolute Gasteiger partial charge is 0.454 e. The highest BCUT2D eigenvalue weighted by Gasteiger charge is 2.25. The topological polar surface area (TPSA) is 69.4 Å². The number of nitrogens with zero attached hydrogens (tertiary/aromatic N) is 1. The molecule has 5 heteroatoms. The van der Waals surface area contributed by atoms with E-state index in [1.165, 1.54) is 29.8 Å². The number of hydrogen-bond donors (Lipinski definition) is 0. The molecule has 1 atom stereocenters. The third-order valence-corrected chi connectivity index (χ3v) is 3.64. The van der Waals surface area contributed by atoms with E-state index < -0.39 is 10.9 Å². The second kappa shape index (κ2) is 5.36. The summed E-state index contributed by atoms with van der Waals surface area (Å²) in [6.07, 6.45) is 1.44. The SMILES string of the molecule is O=C(OC1CCc2ccccc21)c1ccc([N+](=O)[O-])cc1. The molecule has 0 amide bonds. The lowest BCUT2D eigenvalue weighted by molar-refractivity contribution is -0.384. The van der Waals surface area contributed by atoms with Crippen LogP contribution in [0.25, 0.3) is 0 Å². The van der Waals surface area contributed by atoms with Crippen LogP contribution in [0.1, 0.15) is 34.0 Å². The molecule has 21 heavy (non-hydrogen) atoms. The number of carbonyl (C=O) groups excluding carboxylic acids is 1. The van der Waals surface area contributed by atoms with Crippen LogP contribution in [0.2, 0.25) is 0 Å². The molecule has 5 nitrogen and oxygen atoms in total. The number of nitro groups is 1. The quantitative estimate of drug-likeness (QED) is 0.491. The van der Waals surface area contributed by atoms with Crippen LogP contribution < -0.4 is 0 Å². The first-order valence-corrected chi connectivity index (χ1v) is 6.68. The number of fused-ring (bicyclic) bond motifs is 1. The highest BCUT2D eigenvalue weighted by atomic mass is 16.6. The number of carbonyl (C=O) groups is 1. The van der Waals surface area contributed by atoms with Gasteiger partial charge in [-0.25, -0.2) is 4.79 Å². The van der Waals surface area contributed by atoms with Gasteiger partial charge in [0.05, 0.1) is 10.5 Å². The van der Waals surface area contributed by atoms with Gasteiger partial charge in [0.15, 0.2) is 0 Å². The Morgan fingerprint density at radius 1 is 1.14 bits per heavy atom. The van der Waals surface area contributed by atoms with Crippen LogP contribution in [0.5, 0.6) is 0 Å². The first-order valence-electron chi connectivity index (χ1n) is 6.68. The van der Waals surface area contributed by atoms with Gasteiger partial charge in [-0.2, -0.15) is 0 Å². The summed E-state index contributed by atoms with van der Waals surface area (Å²) < 4.78 is 5.52. The maximum Gasteiger partial charge on any atom is 0.338 e. The lowest BCUT2D eigenvalue weighted by Crippen LogP contribution is -2.09. The van der Waals surface area contributed by atoms with E-state index in [1.54, 1.807) is 0 Å². The highest BCUT2D eigenvalue weighted by molar-refractivity contribution is 5.89. The molecule has 0 aromatic heterocycles. The van der Waals surface area contributed by atoms with E-state index in [9.17, 15) is 14.9 Å². The summed E-state index contributed by atoms with van der Waals surface area (Å²) in [5.74, 6) is -0.452. The van der Waals surface area contributed by atoms with Gasteiger partial charge in [-0.05, 0) is 36.1 Å². The van der Waals surface area contributed by atoms with E-state index in [1.807, 2.05) is 24.3 Å². The summed E-state index contributed by atoms with van der Waals surface area (Å²) in [5.41, 5.74) is 2.54. The molecule has 1 aliphatic rings. The predicted molar refractivity (Wildman–Crippen MR) is 76.0 cm³/mol. The first kappa shape index (κ1) is 13.3. The number of non-ortho nitro benzene ring substituents is 1. The molecular formula is C16H13NO4. The molecule has 0 saturated carbocycles. The van der Waals surface area contributed by atoms with Crippen molar-refractivity contribution in [1.29, 1.82) is 0 Å². The molecule has 0 heterocycles. The van der Waals surface area contributed by atoms with Crippen molar-refractivity contribution in [2.24, 2.45) is 0 Å². The van der Waals surface area contributed by atoms with Gasteiger partial charge < -0.3 is 4.74 Å². The molecule has 0 saturated heterocycles. The minimum atomic E-state index is -0.498. The van der Waals surface area contributed by atoms with Crippen LogP contribution in [0.3, 0.4) is 0 Å². The number of ether oxygens (including phenoxy) is 1. The van der Waals surface area contributed by atoms with Crippen LogP contribution in [-0.2, 0) is 11.2 Å². The third kappa shape index (κ3) is 2.63. The Morgan fingerprint density at radius 2 is 1.86 bits per heavy atom. The zero-order valence-corrected chi connectivity index (χ0v) is 11.2. The van der Waals surface area contributed by atoms with Crippen molar-refractivity contribution in [1.82, 2.24) is 0 Å². The molecule has 0 aliphatic heterocycles. The van der Waals surface area contributed by atoms with E-state index in [0.717, 1.165) is 18.4 Å². The Kier molecular flexibility index (Phi) is 3.39. The summed E-state index contributed by atoms with van der Waals surface area (Å²) >= 11 is 0. The number of esters is 1. The van der Waals surface area contributed by atoms with Gasteiger partial charge in [0.1, 0.15) is 6.10 Å². The zero-order chi connectivity index (χ0) is 14.8. The highest BCUT2D eigenvalue weighted by Crippen LogP contribution is 2.34. The van der Waals surface area contributed by atoms with Crippen molar-refractivity contribution in [2.45, 2.75) is 18.9 Å². The summed E-state index contributed by atoms with van der Waals surface area (Å²) in [6.45, 7) is 0. The number of aryl methyl sites for hydroxylation is 1. The average molecular weight is 283 g/mol. The van der Waals surface area contributed by atoms with Gasteiger partial charge in [-0.3, -0.25) is 10.1 Å².